The number of tetrazole rings is 1. The van der Waals surface area contributed by atoms with Gasteiger partial charge in [-0.05, 0) is 49.2 Å². The van der Waals surface area contributed by atoms with E-state index in [-0.39, 0.29) is 11.9 Å². The molecular formula is C15H19N5O. The van der Waals surface area contributed by atoms with Crippen molar-refractivity contribution in [2.75, 3.05) is 13.1 Å². The zero-order valence-electron chi connectivity index (χ0n) is 12.4. The molecule has 1 aliphatic heterocycles. The van der Waals surface area contributed by atoms with Gasteiger partial charge in [0.25, 0.3) is 5.91 Å². The predicted molar refractivity (Wildman–Crippen MR) is 78.8 cm³/mol. The van der Waals surface area contributed by atoms with E-state index in [4.69, 9.17) is 0 Å². The molecule has 0 atom stereocenters. The van der Waals surface area contributed by atoms with Gasteiger partial charge in [0.1, 0.15) is 0 Å². The number of hydrogen-bond acceptors (Lipinski definition) is 4. The molecule has 6 heteroatoms. The third-order valence-corrected chi connectivity index (χ3v) is 3.74. The van der Waals surface area contributed by atoms with E-state index in [2.05, 4.69) is 15.5 Å². The maximum atomic E-state index is 12.5. The molecule has 1 aromatic carbocycles. The minimum absolute atomic E-state index is 0.0953. The van der Waals surface area contributed by atoms with E-state index in [1.807, 2.05) is 43.0 Å². The summed E-state index contributed by atoms with van der Waals surface area (Å²) in [5.74, 6) is 0.791. The smallest absolute Gasteiger partial charge is 0.253 e. The number of likely N-dealkylation sites (tertiary alicyclic amines) is 1. The lowest BCUT2D eigenvalue weighted by Gasteiger charge is -2.15. The van der Waals surface area contributed by atoms with Gasteiger partial charge in [-0.3, -0.25) is 4.79 Å². The molecule has 0 radical (unpaired) electrons. The number of hydrogen-bond donors (Lipinski definition) is 0. The number of amides is 1. The normalized spacial score (nSPS) is 14.9. The van der Waals surface area contributed by atoms with Gasteiger partial charge in [0.15, 0.2) is 5.82 Å². The summed E-state index contributed by atoms with van der Waals surface area (Å²) in [6, 6.07) is 7.73. The average molecular weight is 285 g/mol. The number of carbonyl (C=O) groups is 1. The van der Waals surface area contributed by atoms with Crippen LogP contribution in [-0.4, -0.2) is 44.1 Å². The second kappa shape index (κ2) is 5.63. The summed E-state index contributed by atoms with van der Waals surface area (Å²) in [5, 5.41) is 11.8. The number of nitrogens with zero attached hydrogens (tertiary/aromatic N) is 5. The number of rotatable bonds is 3. The molecular weight excluding hydrogens is 266 g/mol. The summed E-state index contributed by atoms with van der Waals surface area (Å²) in [7, 11) is 0. The minimum atomic E-state index is 0.0953. The van der Waals surface area contributed by atoms with Gasteiger partial charge in [0.2, 0.25) is 0 Å². The van der Waals surface area contributed by atoms with Crippen molar-refractivity contribution in [1.29, 1.82) is 0 Å². The first-order valence-corrected chi connectivity index (χ1v) is 7.34. The van der Waals surface area contributed by atoms with Gasteiger partial charge in [0.05, 0.1) is 6.04 Å². The Morgan fingerprint density at radius 3 is 2.71 bits per heavy atom. The van der Waals surface area contributed by atoms with Crippen molar-refractivity contribution in [1.82, 2.24) is 25.1 Å². The van der Waals surface area contributed by atoms with Crippen LogP contribution in [0.1, 0.15) is 43.1 Å². The monoisotopic (exact) mass is 285 g/mol. The largest absolute Gasteiger partial charge is 0.339 e. The number of benzene rings is 1. The van der Waals surface area contributed by atoms with E-state index in [1.165, 1.54) is 0 Å². The van der Waals surface area contributed by atoms with Gasteiger partial charge in [-0.1, -0.05) is 12.1 Å². The molecule has 1 saturated heterocycles. The molecule has 0 aliphatic carbocycles. The van der Waals surface area contributed by atoms with E-state index in [0.29, 0.717) is 11.4 Å². The fraction of sp³-hybridized carbons (Fsp3) is 0.467. The molecule has 3 rings (SSSR count). The van der Waals surface area contributed by atoms with Gasteiger partial charge in [-0.15, -0.1) is 5.10 Å². The zero-order chi connectivity index (χ0) is 14.8. The summed E-state index contributed by atoms with van der Waals surface area (Å²) < 4.78 is 1.76. The maximum absolute atomic E-state index is 12.5. The first-order valence-electron chi connectivity index (χ1n) is 7.34. The molecule has 110 valence electrons. The molecule has 0 saturated carbocycles. The van der Waals surface area contributed by atoms with E-state index in [0.717, 1.165) is 31.5 Å². The summed E-state index contributed by atoms with van der Waals surface area (Å²) in [6.45, 7) is 5.76. The number of carbonyl (C=O) groups excluding carboxylic acids is 1. The Bertz CT molecular complexity index is 643. The van der Waals surface area contributed by atoms with Crippen molar-refractivity contribution < 1.29 is 4.79 Å². The quantitative estimate of drug-likeness (QED) is 0.867. The van der Waals surface area contributed by atoms with E-state index in [9.17, 15) is 4.79 Å². The van der Waals surface area contributed by atoms with Crippen LogP contribution in [0.4, 0.5) is 0 Å². The average Bonchev–Trinajstić information content (AvgIpc) is 3.17. The Morgan fingerprint density at radius 2 is 2.00 bits per heavy atom. The highest BCUT2D eigenvalue weighted by Crippen LogP contribution is 2.21. The maximum Gasteiger partial charge on any atom is 0.253 e. The Balaban J connectivity index is 1.92. The third-order valence-electron chi connectivity index (χ3n) is 3.74. The zero-order valence-corrected chi connectivity index (χ0v) is 12.4. The van der Waals surface area contributed by atoms with Crippen molar-refractivity contribution in [3.8, 4) is 11.4 Å². The lowest BCUT2D eigenvalue weighted by Crippen LogP contribution is -2.27. The highest BCUT2D eigenvalue weighted by molar-refractivity contribution is 5.95. The highest BCUT2D eigenvalue weighted by atomic mass is 16.2. The number of aromatic nitrogens is 4. The summed E-state index contributed by atoms with van der Waals surface area (Å²) in [6.07, 6.45) is 2.19. The van der Waals surface area contributed by atoms with Crippen molar-refractivity contribution in [3.05, 3.63) is 29.8 Å². The Morgan fingerprint density at radius 1 is 1.24 bits per heavy atom. The molecule has 2 aromatic rings. The second-order valence-corrected chi connectivity index (χ2v) is 5.62. The first kappa shape index (κ1) is 13.7. The third kappa shape index (κ3) is 2.66. The second-order valence-electron chi connectivity index (χ2n) is 5.62. The lowest BCUT2D eigenvalue weighted by atomic mass is 10.1. The van der Waals surface area contributed by atoms with Crippen LogP contribution in [0, 0.1) is 0 Å². The molecule has 0 bridgehead atoms. The SMILES string of the molecule is CC(C)n1nnnc1-c1cccc(C(=O)N2CCCC2)c1. The molecule has 1 amide bonds. The Hall–Kier alpha value is -2.24. The topological polar surface area (TPSA) is 63.9 Å². The van der Waals surface area contributed by atoms with Crippen molar-refractivity contribution in [2.24, 2.45) is 0 Å². The van der Waals surface area contributed by atoms with Crippen LogP contribution in [0.25, 0.3) is 11.4 Å². The molecule has 0 spiro atoms. The van der Waals surface area contributed by atoms with Gasteiger partial charge in [0, 0.05) is 24.2 Å². The molecule has 1 aromatic heterocycles. The van der Waals surface area contributed by atoms with Crippen molar-refractivity contribution in [2.45, 2.75) is 32.7 Å². The van der Waals surface area contributed by atoms with Crippen LogP contribution >= 0.6 is 0 Å². The fourth-order valence-corrected chi connectivity index (χ4v) is 2.63. The molecule has 0 N–H and O–H groups in total. The molecule has 6 nitrogen and oxygen atoms in total. The summed E-state index contributed by atoms with van der Waals surface area (Å²) in [4.78, 5) is 14.4. The Labute approximate surface area is 123 Å². The summed E-state index contributed by atoms with van der Waals surface area (Å²) >= 11 is 0. The van der Waals surface area contributed by atoms with Crippen LogP contribution in [0.5, 0.6) is 0 Å². The van der Waals surface area contributed by atoms with Gasteiger partial charge < -0.3 is 4.90 Å². The molecule has 21 heavy (non-hydrogen) atoms. The molecule has 1 fully saturated rings. The van der Waals surface area contributed by atoms with Crippen LogP contribution in [0.2, 0.25) is 0 Å². The lowest BCUT2D eigenvalue weighted by molar-refractivity contribution is 0.0793. The standard InChI is InChI=1S/C15H19N5O/c1-11(2)20-14(16-17-18-20)12-6-5-7-13(10-12)15(21)19-8-3-4-9-19/h5-7,10-11H,3-4,8-9H2,1-2H3. The van der Waals surface area contributed by atoms with Crippen LogP contribution < -0.4 is 0 Å². The Kier molecular flexibility index (Phi) is 3.68. The van der Waals surface area contributed by atoms with Crippen LogP contribution in [0.15, 0.2) is 24.3 Å². The highest BCUT2D eigenvalue weighted by Gasteiger charge is 2.20. The summed E-state index contributed by atoms with van der Waals surface area (Å²) in [5.41, 5.74) is 1.58. The van der Waals surface area contributed by atoms with E-state index >= 15 is 0 Å². The molecule has 0 unspecified atom stereocenters. The predicted octanol–water partition coefficient (Wildman–Crippen LogP) is 2.16. The van der Waals surface area contributed by atoms with Gasteiger partial charge >= 0.3 is 0 Å². The molecule has 1 aliphatic rings. The minimum Gasteiger partial charge on any atom is -0.339 e. The first-order chi connectivity index (χ1) is 10.2. The van der Waals surface area contributed by atoms with Crippen molar-refractivity contribution >= 4 is 5.91 Å². The van der Waals surface area contributed by atoms with Crippen molar-refractivity contribution in [3.63, 3.8) is 0 Å². The van der Waals surface area contributed by atoms with Crippen LogP contribution in [-0.2, 0) is 0 Å². The fourth-order valence-electron chi connectivity index (χ4n) is 2.63. The van der Waals surface area contributed by atoms with E-state index in [1.54, 1.807) is 4.68 Å². The van der Waals surface area contributed by atoms with Gasteiger partial charge in [-0.25, -0.2) is 4.68 Å². The van der Waals surface area contributed by atoms with Crippen LogP contribution in [0.3, 0.4) is 0 Å². The van der Waals surface area contributed by atoms with Gasteiger partial charge in [-0.2, -0.15) is 0 Å². The molecule has 2 heterocycles. The van der Waals surface area contributed by atoms with E-state index < -0.39 is 0 Å².